The zero-order valence-corrected chi connectivity index (χ0v) is 17.1. The molecule has 2 aliphatic heterocycles. The van der Waals surface area contributed by atoms with E-state index in [-0.39, 0.29) is 30.5 Å². The number of benzene rings is 1. The molecule has 0 radical (unpaired) electrons. The SMILES string of the molecule is COc1ccc(F)c(C(=O)N2CCc3c(sc4c3C(=O)N(C)CC(=O)N4C)C2)c1. The van der Waals surface area contributed by atoms with Gasteiger partial charge in [-0.3, -0.25) is 14.4 Å². The van der Waals surface area contributed by atoms with Gasteiger partial charge in [0.2, 0.25) is 5.91 Å². The fourth-order valence-electron chi connectivity index (χ4n) is 3.67. The van der Waals surface area contributed by atoms with Gasteiger partial charge in [-0.25, -0.2) is 4.39 Å². The van der Waals surface area contributed by atoms with Gasteiger partial charge in [-0.1, -0.05) is 0 Å². The smallest absolute Gasteiger partial charge is 0.257 e. The average Bonchev–Trinajstić information content (AvgIpc) is 3.07. The number of nitrogens with zero attached hydrogens (tertiary/aromatic N) is 3. The maximum atomic E-state index is 14.2. The number of rotatable bonds is 2. The highest BCUT2D eigenvalue weighted by Gasteiger charge is 2.36. The Morgan fingerprint density at radius 1 is 1.21 bits per heavy atom. The second-order valence-corrected chi connectivity index (χ2v) is 8.20. The number of halogens is 1. The number of amides is 3. The fraction of sp³-hybridized carbons (Fsp3) is 0.350. The van der Waals surface area contributed by atoms with Gasteiger partial charge in [0.05, 0.1) is 24.8 Å². The third-order valence-corrected chi connectivity index (χ3v) is 6.63. The monoisotopic (exact) mass is 417 g/mol. The lowest BCUT2D eigenvalue weighted by Crippen LogP contribution is -2.37. The van der Waals surface area contributed by atoms with E-state index in [4.69, 9.17) is 4.74 Å². The van der Waals surface area contributed by atoms with E-state index in [1.54, 1.807) is 19.0 Å². The van der Waals surface area contributed by atoms with E-state index < -0.39 is 11.7 Å². The Labute approximate surface area is 171 Å². The van der Waals surface area contributed by atoms with E-state index in [1.165, 1.54) is 46.4 Å². The van der Waals surface area contributed by atoms with Gasteiger partial charge in [0.25, 0.3) is 11.8 Å². The fourth-order valence-corrected chi connectivity index (χ4v) is 5.00. The van der Waals surface area contributed by atoms with Crippen molar-refractivity contribution in [2.24, 2.45) is 0 Å². The molecule has 29 heavy (non-hydrogen) atoms. The number of thiophene rings is 1. The van der Waals surface area contributed by atoms with Gasteiger partial charge in [-0.15, -0.1) is 11.3 Å². The Kier molecular flexibility index (Phi) is 4.77. The summed E-state index contributed by atoms with van der Waals surface area (Å²) in [6, 6.07) is 4.07. The molecule has 7 nitrogen and oxygen atoms in total. The Bertz CT molecular complexity index is 1030. The van der Waals surface area contributed by atoms with Crippen molar-refractivity contribution in [1.82, 2.24) is 9.80 Å². The molecule has 9 heteroatoms. The van der Waals surface area contributed by atoms with Crippen LogP contribution in [0.2, 0.25) is 0 Å². The van der Waals surface area contributed by atoms with Crippen molar-refractivity contribution in [2.45, 2.75) is 13.0 Å². The van der Waals surface area contributed by atoms with Crippen molar-refractivity contribution in [3.63, 3.8) is 0 Å². The summed E-state index contributed by atoms with van der Waals surface area (Å²) < 4.78 is 19.3. The van der Waals surface area contributed by atoms with Gasteiger partial charge in [0.15, 0.2) is 0 Å². The first-order valence-electron chi connectivity index (χ1n) is 9.11. The van der Waals surface area contributed by atoms with E-state index in [2.05, 4.69) is 0 Å². The Hall–Kier alpha value is -2.94. The minimum atomic E-state index is -0.606. The maximum absolute atomic E-state index is 14.2. The summed E-state index contributed by atoms with van der Waals surface area (Å²) in [6.45, 7) is 0.660. The van der Waals surface area contributed by atoms with Crippen LogP contribution in [0.15, 0.2) is 18.2 Å². The molecular formula is C20H20FN3O4S. The molecule has 0 atom stereocenters. The van der Waals surface area contributed by atoms with Crippen LogP contribution < -0.4 is 9.64 Å². The molecule has 152 valence electrons. The molecule has 3 amide bonds. The lowest BCUT2D eigenvalue weighted by molar-refractivity contribution is -0.118. The number of methoxy groups -OCH3 is 1. The predicted octanol–water partition coefficient (Wildman–Crippen LogP) is 2.14. The van der Waals surface area contributed by atoms with Gasteiger partial charge in [0.1, 0.15) is 23.1 Å². The van der Waals surface area contributed by atoms with Crippen molar-refractivity contribution < 1.29 is 23.5 Å². The largest absolute Gasteiger partial charge is 0.497 e. The average molecular weight is 417 g/mol. The van der Waals surface area contributed by atoms with E-state index >= 15 is 0 Å². The molecule has 0 unspecified atom stereocenters. The first kappa shape index (κ1) is 19.4. The second-order valence-electron chi connectivity index (χ2n) is 7.12. The topological polar surface area (TPSA) is 70.2 Å². The van der Waals surface area contributed by atoms with Crippen LogP contribution in [0.5, 0.6) is 5.75 Å². The van der Waals surface area contributed by atoms with E-state index in [9.17, 15) is 18.8 Å². The first-order chi connectivity index (χ1) is 13.8. The summed E-state index contributed by atoms with van der Waals surface area (Å²) >= 11 is 1.34. The summed E-state index contributed by atoms with van der Waals surface area (Å²) in [7, 11) is 4.72. The molecule has 0 aliphatic carbocycles. The molecule has 0 saturated heterocycles. The minimum Gasteiger partial charge on any atom is -0.497 e. The van der Waals surface area contributed by atoms with Gasteiger partial charge >= 0.3 is 0 Å². The van der Waals surface area contributed by atoms with Crippen molar-refractivity contribution in [2.75, 3.05) is 39.2 Å². The predicted molar refractivity (Wildman–Crippen MR) is 106 cm³/mol. The van der Waals surface area contributed by atoms with Crippen molar-refractivity contribution in [3.05, 3.63) is 45.6 Å². The highest BCUT2D eigenvalue weighted by molar-refractivity contribution is 7.17. The molecule has 0 spiro atoms. The van der Waals surface area contributed by atoms with Crippen LogP contribution in [-0.2, 0) is 17.8 Å². The highest BCUT2D eigenvalue weighted by Crippen LogP contribution is 2.41. The van der Waals surface area contributed by atoms with E-state index in [0.29, 0.717) is 29.3 Å². The molecule has 3 heterocycles. The molecule has 0 N–H and O–H groups in total. The van der Waals surface area contributed by atoms with Crippen LogP contribution >= 0.6 is 11.3 Å². The number of carbonyl (C=O) groups is 3. The number of hydrogen-bond donors (Lipinski definition) is 0. The van der Waals surface area contributed by atoms with Gasteiger partial charge in [-0.05, 0) is 30.2 Å². The zero-order valence-electron chi connectivity index (χ0n) is 16.3. The van der Waals surface area contributed by atoms with E-state index in [0.717, 1.165) is 10.4 Å². The molecule has 1 aromatic heterocycles. The van der Waals surface area contributed by atoms with Crippen LogP contribution in [0.1, 0.15) is 31.2 Å². The molecule has 4 rings (SSSR count). The van der Waals surface area contributed by atoms with Crippen LogP contribution in [0.4, 0.5) is 9.39 Å². The molecule has 0 fully saturated rings. The van der Waals surface area contributed by atoms with Crippen LogP contribution in [0, 0.1) is 5.82 Å². The number of anilines is 1. The number of ether oxygens (including phenoxy) is 1. The quantitative estimate of drug-likeness (QED) is 0.751. The molecule has 2 aromatic rings. The normalized spacial score (nSPS) is 16.5. The van der Waals surface area contributed by atoms with Crippen molar-refractivity contribution in [1.29, 1.82) is 0 Å². The van der Waals surface area contributed by atoms with Crippen LogP contribution in [-0.4, -0.2) is 61.8 Å². The lowest BCUT2D eigenvalue weighted by atomic mass is 10.0. The zero-order chi connectivity index (χ0) is 20.9. The number of likely N-dealkylation sites (N-methyl/N-ethyl adjacent to an activating group) is 2. The molecule has 1 aromatic carbocycles. The van der Waals surface area contributed by atoms with Gasteiger partial charge < -0.3 is 19.4 Å². The minimum absolute atomic E-state index is 0.0330. The maximum Gasteiger partial charge on any atom is 0.257 e. The van der Waals surface area contributed by atoms with Gasteiger partial charge in [-0.2, -0.15) is 0 Å². The summed E-state index contributed by atoms with van der Waals surface area (Å²) in [5, 5.41) is 0.608. The molecule has 0 saturated carbocycles. The standard InChI is InChI=1S/C20H20FN3O4S/c1-22-10-16(25)23(2)20-17(19(22)27)12-6-7-24(9-15(12)29-20)18(26)13-8-11(28-3)4-5-14(13)21/h4-5,8H,6-7,9-10H2,1-3H3. The van der Waals surface area contributed by atoms with Crippen molar-refractivity contribution >= 4 is 34.1 Å². The summed E-state index contributed by atoms with van der Waals surface area (Å²) in [4.78, 5) is 43.4. The summed E-state index contributed by atoms with van der Waals surface area (Å²) in [6.07, 6.45) is 0.472. The number of fused-ring (bicyclic) bond motifs is 3. The second kappa shape index (κ2) is 7.14. The highest BCUT2D eigenvalue weighted by atomic mass is 32.1. The van der Waals surface area contributed by atoms with Crippen LogP contribution in [0.25, 0.3) is 0 Å². The number of carbonyl (C=O) groups excluding carboxylic acids is 3. The van der Waals surface area contributed by atoms with Crippen molar-refractivity contribution in [3.8, 4) is 5.75 Å². The Morgan fingerprint density at radius 2 is 1.97 bits per heavy atom. The third kappa shape index (κ3) is 3.15. The van der Waals surface area contributed by atoms with Gasteiger partial charge in [0, 0.05) is 25.5 Å². The molecule has 0 bridgehead atoms. The van der Waals surface area contributed by atoms with Crippen LogP contribution in [0.3, 0.4) is 0 Å². The Balaban J connectivity index is 1.68. The first-order valence-corrected chi connectivity index (χ1v) is 9.92. The third-order valence-electron chi connectivity index (χ3n) is 5.34. The van der Waals surface area contributed by atoms with E-state index in [1.807, 2.05) is 0 Å². The molecular weight excluding hydrogens is 397 g/mol. The summed E-state index contributed by atoms with van der Waals surface area (Å²) in [5.41, 5.74) is 1.37. The lowest BCUT2D eigenvalue weighted by Gasteiger charge is -2.28. The number of hydrogen-bond acceptors (Lipinski definition) is 5. The Morgan fingerprint density at radius 3 is 2.69 bits per heavy atom. The molecule has 2 aliphatic rings. The summed E-state index contributed by atoms with van der Waals surface area (Å²) in [5.74, 6) is -0.975.